The number of carbonyl (C=O) groups is 2. The molecule has 0 aromatic rings. The molecule has 1 fully saturated rings. The van der Waals surface area contributed by atoms with Crippen LogP contribution in [0, 0.1) is 5.92 Å². The van der Waals surface area contributed by atoms with Crippen molar-refractivity contribution in [3.63, 3.8) is 0 Å². The second kappa shape index (κ2) is 6.40. The molecule has 1 heterocycles. The standard InChI is InChI=1S/C10H19N3O2/c11-9(14)4-2-6-13-10(15)8-3-1-5-12-7-8/h8,12H,1-7H2,(H2,11,14)(H,13,15). The molecule has 0 aromatic heterocycles. The number of rotatable bonds is 5. The van der Waals surface area contributed by atoms with Crippen LogP contribution >= 0.6 is 0 Å². The smallest absolute Gasteiger partial charge is 0.224 e. The molecule has 0 saturated carbocycles. The highest BCUT2D eigenvalue weighted by atomic mass is 16.2. The van der Waals surface area contributed by atoms with E-state index >= 15 is 0 Å². The fourth-order valence-electron chi connectivity index (χ4n) is 1.69. The van der Waals surface area contributed by atoms with E-state index in [4.69, 9.17) is 5.73 Å². The van der Waals surface area contributed by atoms with Crippen molar-refractivity contribution in [1.82, 2.24) is 10.6 Å². The third kappa shape index (κ3) is 4.78. The number of primary amides is 1. The van der Waals surface area contributed by atoms with Gasteiger partial charge in [-0.25, -0.2) is 0 Å². The van der Waals surface area contributed by atoms with Gasteiger partial charge in [-0.3, -0.25) is 9.59 Å². The van der Waals surface area contributed by atoms with Gasteiger partial charge in [0.2, 0.25) is 11.8 Å². The first-order valence-corrected chi connectivity index (χ1v) is 5.47. The molecule has 15 heavy (non-hydrogen) atoms. The van der Waals surface area contributed by atoms with Crippen molar-refractivity contribution in [3.05, 3.63) is 0 Å². The summed E-state index contributed by atoms with van der Waals surface area (Å²) in [6.07, 6.45) is 2.97. The van der Waals surface area contributed by atoms with Crippen LogP contribution in [0.5, 0.6) is 0 Å². The van der Waals surface area contributed by atoms with E-state index in [9.17, 15) is 9.59 Å². The van der Waals surface area contributed by atoms with Crippen molar-refractivity contribution in [2.24, 2.45) is 11.7 Å². The quantitative estimate of drug-likeness (QED) is 0.531. The molecule has 0 aliphatic carbocycles. The maximum atomic E-state index is 11.6. The summed E-state index contributed by atoms with van der Waals surface area (Å²) in [5.74, 6) is -0.136. The number of hydrogen-bond acceptors (Lipinski definition) is 3. The minimum Gasteiger partial charge on any atom is -0.370 e. The van der Waals surface area contributed by atoms with E-state index in [0.29, 0.717) is 19.4 Å². The molecule has 0 radical (unpaired) electrons. The highest BCUT2D eigenvalue weighted by Crippen LogP contribution is 2.09. The van der Waals surface area contributed by atoms with Gasteiger partial charge in [0.25, 0.3) is 0 Å². The van der Waals surface area contributed by atoms with Crippen LogP contribution in [0.25, 0.3) is 0 Å². The van der Waals surface area contributed by atoms with Crippen LogP contribution in [-0.2, 0) is 9.59 Å². The maximum Gasteiger partial charge on any atom is 0.224 e. The number of hydrogen-bond donors (Lipinski definition) is 3. The molecular weight excluding hydrogens is 194 g/mol. The predicted molar refractivity (Wildman–Crippen MR) is 57.0 cm³/mol. The third-order valence-electron chi connectivity index (χ3n) is 2.57. The molecule has 1 rings (SSSR count). The van der Waals surface area contributed by atoms with Crippen molar-refractivity contribution in [2.45, 2.75) is 25.7 Å². The lowest BCUT2D eigenvalue weighted by molar-refractivity contribution is -0.125. The Labute approximate surface area is 89.8 Å². The maximum absolute atomic E-state index is 11.6. The van der Waals surface area contributed by atoms with E-state index in [1.165, 1.54) is 0 Å². The van der Waals surface area contributed by atoms with E-state index in [1.807, 2.05) is 0 Å². The molecule has 0 bridgehead atoms. The van der Waals surface area contributed by atoms with Crippen LogP contribution in [0.3, 0.4) is 0 Å². The first kappa shape index (κ1) is 12.0. The molecule has 0 aromatic carbocycles. The molecule has 1 atom stereocenters. The zero-order valence-electron chi connectivity index (χ0n) is 8.92. The summed E-state index contributed by atoms with van der Waals surface area (Å²) in [6.45, 7) is 2.31. The normalized spacial score (nSPS) is 20.9. The van der Waals surface area contributed by atoms with Crippen LogP contribution in [0.15, 0.2) is 0 Å². The summed E-state index contributed by atoms with van der Waals surface area (Å²) in [4.78, 5) is 22.0. The summed E-state index contributed by atoms with van der Waals surface area (Å²) in [5.41, 5.74) is 4.99. The van der Waals surface area contributed by atoms with Gasteiger partial charge in [0.15, 0.2) is 0 Å². The van der Waals surface area contributed by atoms with Gasteiger partial charge in [0.05, 0.1) is 5.92 Å². The average molecular weight is 213 g/mol. The number of piperidine rings is 1. The highest BCUT2D eigenvalue weighted by molar-refractivity contribution is 5.79. The zero-order valence-corrected chi connectivity index (χ0v) is 8.92. The summed E-state index contributed by atoms with van der Waals surface area (Å²) in [6, 6.07) is 0. The van der Waals surface area contributed by atoms with Gasteiger partial charge in [-0.2, -0.15) is 0 Å². The number of carbonyl (C=O) groups excluding carboxylic acids is 2. The molecule has 0 spiro atoms. The van der Waals surface area contributed by atoms with Crippen molar-refractivity contribution < 1.29 is 9.59 Å². The molecular formula is C10H19N3O2. The van der Waals surface area contributed by atoms with E-state index in [2.05, 4.69) is 10.6 Å². The minimum absolute atomic E-state index is 0.0895. The second-order valence-electron chi connectivity index (χ2n) is 3.90. The minimum atomic E-state index is -0.316. The monoisotopic (exact) mass is 213 g/mol. The molecule has 1 unspecified atom stereocenters. The SMILES string of the molecule is NC(=O)CCCNC(=O)C1CCCNC1. The van der Waals surface area contributed by atoms with E-state index < -0.39 is 0 Å². The van der Waals surface area contributed by atoms with Gasteiger partial charge in [-0.05, 0) is 25.8 Å². The van der Waals surface area contributed by atoms with Gasteiger partial charge in [0, 0.05) is 19.5 Å². The van der Waals surface area contributed by atoms with E-state index in [-0.39, 0.29) is 17.7 Å². The largest absolute Gasteiger partial charge is 0.370 e. The Kier molecular flexibility index (Phi) is 5.10. The van der Waals surface area contributed by atoms with Crippen LogP contribution < -0.4 is 16.4 Å². The van der Waals surface area contributed by atoms with Crippen molar-refractivity contribution in [2.75, 3.05) is 19.6 Å². The van der Waals surface area contributed by atoms with Crippen LogP contribution in [0.4, 0.5) is 0 Å². The summed E-state index contributed by atoms with van der Waals surface area (Å²) < 4.78 is 0. The first-order valence-electron chi connectivity index (χ1n) is 5.47. The Hall–Kier alpha value is -1.10. The van der Waals surface area contributed by atoms with Gasteiger partial charge in [-0.15, -0.1) is 0 Å². The third-order valence-corrected chi connectivity index (χ3v) is 2.57. The molecule has 86 valence electrons. The lowest BCUT2D eigenvalue weighted by Crippen LogP contribution is -2.40. The molecule has 1 saturated heterocycles. The summed E-state index contributed by atoms with van der Waals surface area (Å²) in [7, 11) is 0. The number of amides is 2. The van der Waals surface area contributed by atoms with Gasteiger partial charge in [-0.1, -0.05) is 0 Å². The number of nitrogens with two attached hydrogens (primary N) is 1. The molecule has 1 aliphatic rings. The topological polar surface area (TPSA) is 84.2 Å². The Balaban J connectivity index is 2.09. The Morgan fingerprint density at radius 1 is 1.47 bits per heavy atom. The second-order valence-corrected chi connectivity index (χ2v) is 3.90. The fraction of sp³-hybridized carbons (Fsp3) is 0.800. The van der Waals surface area contributed by atoms with Gasteiger partial charge < -0.3 is 16.4 Å². The zero-order chi connectivity index (χ0) is 11.1. The van der Waals surface area contributed by atoms with Crippen molar-refractivity contribution >= 4 is 11.8 Å². The molecule has 5 heteroatoms. The Morgan fingerprint density at radius 3 is 2.87 bits per heavy atom. The van der Waals surface area contributed by atoms with Crippen molar-refractivity contribution in [3.8, 4) is 0 Å². The van der Waals surface area contributed by atoms with E-state index in [0.717, 1.165) is 25.9 Å². The molecule has 2 amide bonds. The van der Waals surface area contributed by atoms with Crippen LogP contribution in [0.2, 0.25) is 0 Å². The fourth-order valence-corrected chi connectivity index (χ4v) is 1.69. The highest BCUT2D eigenvalue weighted by Gasteiger charge is 2.19. The van der Waals surface area contributed by atoms with Crippen LogP contribution in [0.1, 0.15) is 25.7 Å². The molecule has 1 aliphatic heterocycles. The summed E-state index contributed by atoms with van der Waals surface area (Å²) >= 11 is 0. The average Bonchev–Trinajstić information content (AvgIpc) is 2.25. The van der Waals surface area contributed by atoms with Gasteiger partial charge in [0.1, 0.15) is 0 Å². The Bertz CT molecular complexity index is 225. The first-order chi connectivity index (χ1) is 7.20. The Morgan fingerprint density at radius 2 is 2.27 bits per heavy atom. The molecule has 5 nitrogen and oxygen atoms in total. The predicted octanol–water partition coefficient (Wildman–Crippen LogP) is -0.632. The van der Waals surface area contributed by atoms with Crippen molar-refractivity contribution in [1.29, 1.82) is 0 Å². The lowest BCUT2D eigenvalue weighted by Gasteiger charge is -2.21. The van der Waals surface area contributed by atoms with Gasteiger partial charge >= 0.3 is 0 Å². The molecule has 4 N–H and O–H groups in total. The van der Waals surface area contributed by atoms with Crippen LogP contribution in [-0.4, -0.2) is 31.4 Å². The summed E-state index contributed by atoms with van der Waals surface area (Å²) in [5, 5.41) is 6.01. The number of nitrogens with one attached hydrogen (secondary N) is 2. The van der Waals surface area contributed by atoms with E-state index in [1.54, 1.807) is 0 Å². The lowest BCUT2D eigenvalue weighted by atomic mass is 9.99.